The molecular weight excluding hydrogens is 332 g/mol. The van der Waals surface area contributed by atoms with Gasteiger partial charge >= 0.3 is 0 Å². The second kappa shape index (κ2) is 19.2. The van der Waals surface area contributed by atoms with Crippen molar-refractivity contribution < 1.29 is 9.47 Å². The average molecular weight is 383 g/mol. The standard InChI is InChI=1S/C25H50O2/c1-3-5-6-7-8-9-10-11-12-13-14-15-16-17-18-19-22-26-23-25-21-20-24(4-2)27-25/h24-25H,3-23H2,1-2H3/t24-,25-/m1/s1. The molecule has 0 N–H and O–H groups in total. The zero-order valence-corrected chi connectivity index (χ0v) is 18.8. The molecule has 1 saturated heterocycles. The summed E-state index contributed by atoms with van der Waals surface area (Å²) in [5, 5.41) is 0. The second-order valence-corrected chi connectivity index (χ2v) is 8.74. The van der Waals surface area contributed by atoms with Gasteiger partial charge in [-0.1, -0.05) is 110 Å². The SMILES string of the molecule is CCCCCCCCCCCCCCCCCCOC[C@H]1CC[C@@H](CC)O1. The molecule has 1 aliphatic heterocycles. The lowest BCUT2D eigenvalue weighted by Crippen LogP contribution is -2.17. The van der Waals surface area contributed by atoms with Gasteiger partial charge in [-0.2, -0.15) is 0 Å². The Balaban J connectivity index is 1.67. The average Bonchev–Trinajstić information content (AvgIpc) is 3.15. The molecule has 0 aromatic carbocycles. The Hall–Kier alpha value is -0.0800. The largest absolute Gasteiger partial charge is 0.379 e. The molecule has 0 aromatic rings. The minimum Gasteiger partial charge on any atom is -0.379 e. The van der Waals surface area contributed by atoms with Gasteiger partial charge in [0.2, 0.25) is 0 Å². The Morgan fingerprint density at radius 1 is 0.593 bits per heavy atom. The predicted octanol–water partition coefficient (Wildman–Crippen LogP) is 8.22. The molecule has 0 unspecified atom stereocenters. The maximum absolute atomic E-state index is 5.92. The van der Waals surface area contributed by atoms with Crippen molar-refractivity contribution >= 4 is 0 Å². The number of unbranched alkanes of at least 4 members (excludes halogenated alkanes) is 15. The van der Waals surface area contributed by atoms with E-state index in [0.29, 0.717) is 12.2 Å². The Bertz CT molecular complexity index is 292. The quantitative estimate of drug-likeness (QED) is 0.197. The lowest BCUT2D eigenvalue weighted by atomic mass is 10.0. The van der Waals surface area contributed by atoms with Crippen LogP contribution in [0.5, 0.6) is 0 Å². The van der Waals surface area contributed by atoms with Crippen molar-refractivity contribution in [3.05, 3.63) is 0 Å². The monoisotopic (exact) mass is 382 g/mol. The topological polar surface area (TPSA) is 18.5 Å². The van der Waals surface area contributed by atoms with Crippen LogP contribution in [0.1, 0.15) is 136 Å². The van der Waals surface area contributed by atoms with Crippen LogP contribution >= 0.6 is 0 Å². The highest BCUT2D eigenvalue weighted by atomic mass is 16.5. The van der Waals surface area contributed by atoms with Crippen LogP contribution in [0.3, 0.4) is 0 Å². The van der Waals surface area contributed by atoms with Gasteiger partial charge in [-0.05, 0) is 25.7 Å². The highest BCUT2D eigenvalue weighted by Gasteiger charge is 2.23. The molecule has 2 heteroatoms. The van der Waals surface area contributed by atoms with Crippen molar-refractivity contribution in [3.63, 3.8) is 0 Å². The van der Waals surface area contributed by atoms with Crippen LogP contribution in [0.2, 0.25) is 0 Å². The van der Waals surface area contributed by atoms with Crippen LogP contribution in [0.15, 0.2) is 0 Å². The van der Waals surface area contributed by atoms with Gasteiger partial charge in [-0.25, -0.2) is 0 Å². The molecule has 162 valence electrons. The summed E-state index contributed by atoms with van der Waals surface area (Å²) >= 11 is 0. The van der Waals surface area contributed by atoms with E-state index in [-0.39, 0.29) is 0 Å². The van der Waals surface area contributed by atoms with Crippen molar-refractivity contribution in [2.24, 2.45) is 0 Å². The lowest BCUT2D eigenvalue weighted by Gasteiger charge is -2.12. The maximum atomic E-state index is 5.92. The van der Waals surface area contributed by atoms with Gasteiger partial charge in [0.25, 0.3) is 0 Å². The van der Waals surface area contributed by atoms with E-state index in [1.807, 2.05) is 0 Å². The third-order valence-corrected chi connectivity index (χ3v) is 6.10. The number of hydrogen-bond donors (Lipinski definition) is 0. The van der Waals surface area contributed by atoms with Crippen LogP contribution < -0.4 is 0 Å². The van der Waals surface area contributed by atoms with Gasteiger partial charge < -0.3 is 9.47 Å². The highest BCUT2D eigenvalue weighted by molar-refractivity contribution is 4.72. The molecule has 1 aliphatic rings. The first kappa shape index (κ1) is 25.0. The minimum atomic E-state index is 0.371. The zero-order chi connectivity index (χ0) is 19.4. The summed E-state index contributed by atoms with van der Waals surface area (Å²) in [4.78, 5) is 0. The first-order valence-corrected chi connectivity index (χ1v) is 12.6. The molecule has 2 nitrogen and oxygen atoms in total. The summed E-state index contributed by atoms with van der Waals surface area (Å²) in [6.07, 6.45) is 27.2. The van der Waals surface area contributed by atoms with E-state index in [2.05, 4.69) is 13.8 Å². The van der Waals surface area contributed by atoms with Crippen molar-refractivity contribution in [2.45, 2.75) is 148 Å². The predicted molar refractivity (Wildman–Crippen MR) is 119 cm³/mol. The summed E-state index contributed by atoms with van der Waals surface area (Å²) in [7, 11) is 0. The van der Waals surface area contributed by atoms with Crippen molar-refractivity contribution in [1.82, 2.24) is 0 Å². The van der Waals surface area contributed by atoms with Crippen LogP contribution in [-0.2, 0) is 9.47 Å². The summed E-state index contributed by atoms with van der Waals surface area (Å²) < 4.78 is 11.7. The molecule has 1 rings (SSSR count). The summed E-state index contributed by atoms with van der Waals surface area (Å²) in [5.41, 5.74) is 0. The normalized spacial score (nSPS) is 19.8. The fraction of sp³-hybridized carbons (Fsp3) is 1.00. The molecule has 27 heavy (non-hydrogen) atoms. The van der Waals surface area contributed by atoms with Crippen LogP contribution in [0.25, 0.3) is 0 Å². The van der Waals surface area contributed by atoms with E-state index in [1.165, 1.54) is 116 Å². The maximum Gasteiger partial charge on any atom is 0.0813 e. The Labute approximate surface area is 171 Å². The first-order valence-electron chi connectivity index (χ1n) is 12.6. The summed E-state index contributed by atoms with van der Waals surface area (Å²) in [6.45, 7) is 6.25. The molecule has 0 spiro atoms. The molecule has 0 aliphatic carbocycles. The fourth-order valence-corrected chi connectivity index (χ4v) is 4.17. The van der Waals surface area contributed by atoms with Gasteiger partial charge in [0, 0.05) is 6.61 Å². The van der Waals surface area contributed by atoms with E-state index in [0.717, 1.165) is 19.6 Å². The van der Waals surface area contributed by atoms with Gasteiger partial charge in [-0.3, -0.25) is 0 Å². The van der Waals surface area contributed by atoms with Crippen molar-refractivity contribution in [3.8, 4) is 0 Å². The van der Waals surface area contributed by atoms with Crippen molar-refractivity contribution in [2.75, 3.05) is 13.2 Å². The van der Waals surface area contributed by atoms with Crippen LogP contribution in [0.4, 0.5) is 0 Å². The summed E-state index contributed by atoms with van der Waals surface area (Å²) in [5.74, 6) is 0. The molecule has 0 amide bonds. The molecular formula is C25H50O2. The Morgan fingerprint density at radius 2 is 1.04 bits per heavy atom. The van der Waals surface area contributed by atoms with Gasteiger partial charge in [0.15, 0.2) is 0 Å². The zero-order valence-electron chi connectivity index (χ0n) is 18.8. The molecule has 1 heterocycles. The van der Waals surface area contributed by atoms with E-state index < -0.39 is 0 Å². The van der Waals surface area contributed by atoms with E-state index in [4.69, 9.17) is 9.47 Å². The molecule has 0 saturated carbocycles. The first-order chi connectivity index (χ1) is 13.4. The number of hydrogen-bond acceptors (Lipinski definition) is 2. The highest BCUT2D eigenvalue weighted by Crippen LogP contribution is 2.22. The minimum absolute atomic E-state index is 0.371. The van der Waals surface area contributed by atoms with E-state index in [1.54, 1.807) is 0 Å². The summed E-state index contributed by atoms with van der Waals surface area (Å²) in [6, 6.07) is 0. The number of rotatable bonds is 20. The van der Waals surface area contributed by atoms with E-state index >= 15 is 0 Å². The third-order valence-electron chi connectivity index (χ3n) is 6.10. The fourth-order valence-electron chi connectivity index (χ4n) is 4.17. The van der Waals surface area contributed by atoms with Gasteiger partial charge in [0.05, 0.1) is 18.8 Å². The Morgan fingerprint density at radius 3 is 1.48 bits per heavy atom. The van der Waals surface area contributed by atoms with Crippen LogP contribution in [-0.4, -0.2) is 25.4 Å². The van der Waals surface area contributed by atoms with Crippen molar-refractivity contribution in [1.29, 1.82) is 0 Å². The third kappa shape index (κ3) is 15.5. The smallest absolute Gasteiger partial charge is 0.0813 e. The molecule has 2 atom stereocenters. The molecule has 0 bridgehead atoms. The molecule has 0 aromatic heterocycles. The molecule has 1 fully saturated rings. The van der Waals surface area contributed by atoms with Gasteiger partial charge in [0.1, 0.15) is 0 Å². The van der Waals surface area contributed by atoms with Crippen LogP contribution in [0, 0.1) is 0 Å². The van der Waals surface area contributed by atoms with E-state index in [9.17, 15) is 0 Å². The second-order valence-electron chi connectivity index (χ2n) is 8.74. The van der Waals surface area contributed by atoms with Gasteiger partial charge in [-0.15, -0.1) is 0 Å². The Kier molecular flexibility index (Phi) is 17.8. The number of ether oxygens (including phenoxy) is 2. The lowest BCUT2D eigenvalue weighted by molar-refractivity contribution is -0.0163. The molecule has 0 radical (unpaired) electrons.